The summed E-state index contributed by atoms with van der Waals surface area (Å²) in [5, 5.41) is 15.4. The predicted octanol–water partition coefficient (Wildman–Crippen LogP) is 0.992. The topological polar surface area (TPSA) is 68.2 Å². The van der Waals surface area contributed by atoms with Gasteiger partial charge in [-0.2, -0.15) is 5.26 Å². The zero-order valence-corrected chi connectivity index (χ0v) is 11.9. The number of carbonyl (C=O) groups is 1. The third-order valence-corrected chi connectivity index (χ3v) is 3.57. The average Bonchev–Trinajstić information content (AvgIpc) is 2.48. The molecule has 0 radical (unpaired) electrons. The number of nitriles is 1. The van der Waals surface area contributed by atoms with Crippen molar-refractivity contribution in [2.75, 3.05) is 24.5 Å². The Hall–Kier alpha value is -2.06. The summed E-state index contributed by atoms with van der Waals surface area (Å²) >= 11 is 0. The fraction of sp³-hybridized carbons (Fsp3) is 0.467. The maximum Gasteiger partial charge on any atom is 0.242 e. The van der Waals surface area contributed by atoms with Crippen LogP contribution in [0.3, 0.4) is 0 Å². The van der Waals surface area contributed by atoms with Gasteiger partial charge in [0, 0.05) is 19.6 Å². The number of nitrogens with one attached hydrogen (secondary N) is 2. The third kappa shape index (κ3) is 2.91. The second kappa shape index (κ2) is 6.40. The second-order valence-electron chi connectivity index (χ2n) is 4.90. The fourth-order valence-electron chi connectivity index (χ4n) is 2.41. The first-order valence-corrected chi connectivity index (χ1v) is 6.95. The second-order valence-corrected chi connectivity index (χ2v) is 4.90. The van der Waals surface area contributed by atoms with Crippen molar-refractivity contribution in [1.82, 2.24) is 10.6 Å². The van der Waals surface area contributed by atoms with Gasteiger partial charge in [0.05, 0.1) is 11.3 Å². The average molecular weight is 272 g/mol. The Morgan fingerprint density at radius 1 is 1.55 bits per heavy atom. The molecule has 1 saturated heterocycles. The Bertz CT molecular complexity index is 535. The van der Waals surface area contributed by atoms with Gasteiger partial charge >= 0.3 is 0 Å². The Kier molecular flexibility index (Phi) is 4.59. The molecule has 106 valence electrons. The highest BCUT2D eigenvalue weighted by molar-refractivity contribution is 5.86. The maximum atomic E-state index is 11.7. The molecule has 1 aromatic rings. The van der Waals surface area contributed by atoms with Crippen LogP contribution in [0, 0.1) is 11.3 Å². The standard InChI is InChI=1S/C15H20N4O/c1-3-17-10-12-4-5-14(13(8-12)9-16)19-7-6-18-15(20)11(19)2/h4-5,8,11,17H,3,6-7,10H2,1-2H3,(H,18,20). The van der Waals surface area contributed by atoms with Gasteiger partial charge in [0.1, 0.15) is 12.1 Å². The van der Waals surface area contributed by atoms with Crippen molar-refractivity contribution >= 4 is 11.6 Å². The van der Waals surface area contributed by atoms with Crippen LogP contribution in [0.5, 0.6) is 0 Å². The van der Waals surface area contributed by atoms with E-state index < -0.39 is 0 Å². The number of nitrogens with zero attached hydrogens (tertiary/aromatic N) is 2. The Morgan fingerprint density at radius 2 is 2.35 bits per heavy atom. The number of piperazine rings is 1. The van der Waals surface area contributed by atoms with Gasteiger partial charge in [0.15, 0.2) is 0 Å². The van der Waals surface area contributed by atoms with Gasteiger partial charge in [-0.3, -0.25) is 4.79 Å². The number of carbonyl (C=O) groups excluding carboxylic acids is 1. The van der Waals surface area contributed by atoms with E-state index in [2.05, 4.69) is 16.7 Å². The molecule has 5 nitrogen and oxygen atoms in total. The Labute approximate surface area is 119 Å². The van der Waals surface area contributed by atoms with Gasteiger partial charge in [-0.15, -0.1) is 0 Å². The molecule has 1 aliphatic heterocycles. The highest BCUT2D eigenvalue weighted by Gasteiger charge is 2.27. The third-order valence-electron chi connectivity index (χ3n) is 3.57. The van der Waals surface area contributed by atoms with Crippen molar-refractivity contribution in [1.29, 1.82) is 5.26 Å². The lowest BCUT2D eigenvalue weighted by Gasteiger charge is -2.35. The van der Waals surface area contributed by atoms with E-state index in [0.29, 0.717) is 12.1 Å². The van der Waals surface area contributed by atoms with Crippen molar-refractivity contribution in [3.05, 3.63) is 29.3 Å². The zero-order chi connectivity index (χ0) is 14.5. The minimum absolute atomic E-state index is 0.0110. The van der Waals surface area contributed by atoms with Crippen LogP contribution in [-0.4, -0.2) is 31.6 Å². The lowest BCUT2D eigenvalue weighted by Crippen LogP contribution is -2.54. The first-order chi connectivity index (χ1) is 9.67. The van der Waals surface area contributed by atoms with Crippen LogP contribution >= 0.6 is 0 Å². The number of hydrogen-bond donors (Lipinski definition) is 2. The summed E-state index contributed by atoms with van der Waals surface area (Å²) in [6.45, 7) is 6.91. The molecule has 1 aromatic carbocycles. The maximum absolute atomic E-state index is 11.7. The van der Waals surface area contributed by atoms with E-state index in [0.717, 1.165) is 30.9 Å². The zero-order valence-electron chi connectivity index (χ0n) is 11.9. The molecule has 5 heteroatoms. The van der Waals surface area contributed by atoms with Gasteiger partial charge in [-0.1, -0.05) is 13.0 Å². The number of benzene rings is 1. The molecular weight excluding hydrogens is 252 g/mol. The number of rotatable bonds is 4. The van der Waals surface area contributed by atoms with Crippen LogP contribution in [0.1, 0.15) is 25.0 Å². The smallest absolute Gasteiger partial charge is 0.242 e. The van der Waals surface area contributed by atoms with E-state index in [9.17, 15) is 10.1 Å². The summed E-state index contributed by atoms with van der Waals surface area (Å²) in [6.07, 6.45) is 0. The molecule has 0 aliphatic carbocycles. The summed E-state index contributed by atoms with van der Waals surface area (Å²) in [5.41, 5.74) is 2.55. The quantitative estimate of drug-likeness (QED) is 0.858. The van der Waals surface area contributed by atoms with Crippen molar-refractivity contribution in [3.8, 4) is 6.07 Å². The number of hydrogen-bond acceptors (Lipinski definition) is 4. The van der Waals surface area contributed by atoms with Crippen LogP contribution in [0.2, 0.25) is 0 Å². The lowest BCUT2D eigenvalue weighted by atomic mass is 10.1. The molecule has 0 aromatic heterocycles. The monoisotopic (exact) mass is 272 g/mol. The largest absolute Gasteiger partial charge is 0.357 e. The minimum atomic E-state index is -0.240. The molecule has 1 unspecified atom stereocenters. The molecule has 0 spiro atoms. The Morgan fingerprint density at radius 3 is 3.05 bits per heavy atom. The molecule has 1 amide bonds. The van der Waals surface area contributed by atoms with Gasteiger partial charge in [0.25, 0.3) is 0 Å². The van der Waals surface area contributed by atoms with E-state index in [-0.39, 0.29) is 11.9 Å². The van der Waals surface area contributed by atoms with E-state index in [1.54, 1.807) is 0 Å². The number of amides is 1. The van der Waals surface area contributed by atoms with Gasteiger partial charge in [-0.25, -0.2) is 0 Å². The lowest BCUT2D eigenvalue weighted by molar-refractivity contribution is -0.122. The molecule has 0 bridgehead atoms. The first-order valence-electron chi connectivity index (χ1n) is 6.95. The number of anilines is 1. The van der Waals surface area contributed by atoms with E-state index >= 15 is 0 Å². The normalized spacial score (nSPS) is 18.6. The SMILES string of the molecule is CCNCc1ccc(N2CCNC(=O)C2C)c(C#N)c1. The molecule has 1 fully saturated rings. The summed E-state index contributed by atoms with van der Waals surface area (Å²) in [7, 11) is 0. The molecule has 1 atom stereocenters. The molecule has 0 saturated carbocycles. The van der Waals surface area contributed by atoms with Crippen molar-refractivity contribution in [2.24, 2.45) is 0 Å². The Balaban J connectivity index is 2.27. The van der Waals surface area contributed by atoms with E-state index in [1.807, 2.05) is 36.9 Å². The molecular formula is C15H20N4O. The van der Waals surface area contributed by atoms with Crippen LogP contribution in [0.15, 0.2) is 18.2 Å². The molecule has 2 rings (SSSR count). The summed E-state index contributed by atoms with van der Waals surface area (Å²) in [6, 6.07) is 7.86. The van der Waals surface area contributed by atoms with Gasteiger partial charge in [-0.05, 0) is 31.2 Å². The summed E-state index contributed by atoms with van der Waals surface area (Å²) < 4.78 is 0. The van der Waals surface area contributed by atoms with E-state index in [4.69, 9.17) is 0 Å². The van der Waals surface area contributed by atoms with Crippen LogP contribution in [0.4, 0.5) is 5.69 Å². The highest BCUT2D eigenvalue weighted by atomic mass is 16.2. The predicted molar refractivity (Wildman–Crippen MR) is 78.4 cm³/mol. The molecule has 2 N–H and O–H groups in total. The summed E-state index contributed by atoms with van der Waals surface area (Å²) in [4.78, 5) is 13.7. The van der Waals surface area contributed by atoms with Crippen molar-refractivity contribution < 1.29 is 4.79 Å². The van der Waals surface area contributed by atoms with Gasteiger partial charge in [0.2, 0.25) is 5.91 Å². The van der Waals surface area contributed by atoms with Crippen molar-refractivity contribution in [2.45, 2.75) is 26.4 Å². The van der Waals surface area contributed by atoms with Gasteiger partial charge < -0.3 is 15.5 Å². The molecule has 1 heterocycles. The first kappa shape index (κ1) is 14.4. The summed E-state index contributed by atoms with van der Waals surface area (Å²) in [5.74, 6) is 0.0110. The molecule has 1 aliphatic rings. The van der Waals surface area contributed by atoms with Crippen LogP contribution < -0.4 is 15.5 Å². The highest BCUT2D eigenvalue weighted by Crippen LogP contribution is 2.24. The van der Waals surface area contributed by atoms with Crippen LogP contribution in [-0.2, 0) is 11.3 Å². The van der Waals surface area contributed by atoms with E-state index in [1.165, 1.54) is 0 Å². The molecule has 20 heavy (non-hydrogen) atoms. The van der Waals surface area contributed by atoms with Crippen LogP contribution in [0.25, 0.3) is 0 Å². The van der Waals surface area contributed by atoms with Crippen molar-refractivity contribution in [3.63, 3.8) is 0 Å². The minimum Gasteiger partial charge on any atom is -0.357 e. The fourth-order valence-corrected chi connectivity index (χ4v) is 2.41.